The smallest absolute Gasteiger partial charge is 0.416 e. The number of esters is 1. The molecule has 1 aromatic carbocycles. The van der Waals surface area contributed by atoms with Crippen molar-refractivity contribution >= 4 is 23.7 Å². The summed E-state index contributed by atoms with van der Waals surface area (Å²) in [5.74, 6) is -2.11. The normalized spacial score (nSPS) is 24.0. The second-order valence-corrected chi connectivity index (χ2v) is 9.22. The highest BCUT2D eigenvalue weighted by Crippen LogP contribution is 2.45. The summed E-state index contributed by atoms with van der Waals surface area (Å²) >= 11 is 0. The van der Waals surface area contributed by atoms with Gasteiger partial charge in [-0.25, -0.2) is 0 Å². The fourth-order valence-corrected chi connectivity index (χ4v) is 4.92. The predicted octanol–water partition coefficient (Wildman–Crippen LogP) is 3.06. The molecule has 1 saturated carbocycles. The number of hydrogen-bond acceptors (Lipinski definition) is 5. The molecule has 0 N–H and O–H groups in total. The minimum Gasteiger partial charge on any atom is -0.466 e. The summed E-state index contributed by atoms with van der Waals surface area (Å²) in [6.07, 6.45) is -3.24. The molecule has 1 aromatic rings. The van der Waals surface area contributed by atoms with Gasteiger partial charge >= 0.3 is 12.1 Å². The van der Waals surface area contributed by atoms with Crippen molar-refractivity contribution in [3.05, 3.63) is 35.4 Å². The van der Waals surface area contributed by atoms with Gasteiger partial charge in [0.05, 0.1) is 23.5 Å². The van der Waals surface area contributed by atoms with Crippen LogP contribution in [0.2, 0.25) is 0 Å². The van der Waals surface area contributed by atoms with Crippen molar-refractivity contribution in [3.63, 3.8) is 0 Å². The van der Waals surface area contributed by atoms with Crippen LogP contribution >= 0.6 is 0 Å². The van der Waals surface area contributed by atoms with E-state index in [1.165, 1.54) is 17.0 Å². The number of piperidine rings is 1. The number of alkyl halides is 3. The molecule has 0 unspecified atom stereocenters. The van der Waals surface area contributed by atoms with E-state index in [1.54, 1.807) is 6.92 Å². The van der Waals surface area contributed by atoms with Gasteiger partial charge in [-0.05, 0) is 44.2 Å². The Labute approximate surface area is 195 Å². The zero-order valence-electron chi connectivity index (χ0n) is 18.9. The molecule has 3 aliphatic rings. The van der Waals surface area contributed by atoms with E-state index in [9.17, 15) is 32.3 Å². The molecule has 0 aromatic heterocycles. The molecule has 0 bridgehead atoms. The molecule has 2 saturated heterocycles. The lowest BCUT2D eigenvalue weighted by Gasteiger charge is -2.34. The van der Waals surface area contributed by atoms with Gasteiger partial charge in [0.2, 0.25) is 17.7 Å². The summed E-state index contributed by atoms with van der Waals surface area (Å²) in [5.41, 5.74) is -2.58. The van der Waals surface area contributed by atoms with Crippen LogP contribution in [-0.2, 0) is 35.5 Å². The molecule has 2 aliphatic heterocycles. The Morgan fingerprint density at radius 3 is 2.38 bits per heavy atom. The topological polar surface area (TPSA) is 84.0 Å². The number of carbonyl (C=O) groups excluding carboxylic acids is 4. The standard InChI is InChI=1S/C24H27F3N2O5/c1-2-34-21(32)15-8-10-28(11-9-15)19(30)13-23(14-20(31)29(22(23)33)18-6-7-18)16-4-3-5-17(12-16)24(25,26)27/h3-5,12,15,18H,2,6-11,13-14H2,1H3/t23-/m1/s1. The Morgan fingerprint density at radius 2 is 1.79 bits per heavy atom. The van der Waals surface area contributed by atoms with Crippen molar-refractivity contribution in [1.29, 1.82) is 0 Å². The lowest BCUT2D eigenvalue weighted by atomic mass is 9.75. The second kappa shape index (κ2) is 9.03. The van der Waals surface area contributed by atoms with Crippen molar-refractivity contribution in [3.8, 4) is 0 Å². The van der Waals surface area contributed by atoms with Crippen LogP contribution in [0.1, 0.15) is 56.6 Å². The van der Waals surface area contributed by atoms with Gasteiger partial charge in [0.1, 0.15) is 0 Å². The molecule has 1 aliphatic carbocycles. The van der Waals surface area contributed by atoms with E-state index in [2.05, 4.69) is 0 Å². The van der Waals surface area contributed by atoms with Gasteiger partial charge in [0, 0.05) is 32.0 Å². The minimum absolute atomic E-state index is 0.0265. The highest BCUT2D eigenvalue weighted by molar-refractivity contribution is 6.11. The molecule has 4 rings (SSSR count). The highest BCUT2D eigenvalue weighted by atomic mass is 19.4. The van der Waals surface area contributed by atoms with Crippen LogP contribution in [0.25, 0.3) is 0 Å². The third-order valence-corrected chi connectivity index (χ3v) is 6.92. The molecular weight excluding hydrogens is 453 g/mol. The van der Waals surface area contributed by atoms with E-state index < -0.39 is 41.3 Å². The third-order valence-electron chi connectivity index (χ3n) is 6.92. The van der Waals surface area contributed by atoms with E-state index >= 15 is 0 Å². The Kier molecular flexibility index (Phi) is 6.44. The predicted molar refractivity (Wildman–Crippen MR) is 113 cm³/mol. The lowest BCUT2D eigenvalue weighted by molar-refractivity contribution is -0.151. The van der Waals surface area contributed by atoms with E-state index in [4.69, 9.17) is 4.74 Å². The van der Waals surface area contributed by atoms with Crippen LogP contribution in [0.5, 0.6) is 0 Å². The Balaban J connectivity index is 1.59. The first-order chi connectivity index (χ1) is 16.1. The maximum absolute atomic E-state index is 13.5. The van der Waals surface area contributed by atoms with Gasteiger partial charge < -0.3 is 9.64 Å². The zero-order valence-corrected chi connectivity index (χ0v) is 18.9. The van der Waals surface area contributed by atoms with Crippen LogP contribution in [0.3, 0.4) is 0 Å². The number of carbonyl (C=O) groups is 4. The quantitative estimate of drug-likeness (QED) is 0.462. The van der Waals surface area contributed by atoms with Gasteiger partial charge in [-0.15, -0.1) is 0 Å². The second-order valence-electron chi connectivity index (χ2n) is 9.22. The highest BCUT2D eigenvalue weighted by Gasteiger charge is 2.57. The van der Waals surface area contributed by atoms with Crippen molar-refractivity contribution in [2.45, 2.75) is 63.1 Å². The average molecular weight is 480 g/mol. The monoisotopic (exact) mass is 480 g/mol. The number of likely N-dealkylation sites (tertiary alicyclic amines) is 2. The fourth-order valence-electron chi connectivity index (χ4n) is 4.92. The van der Waals surface area contributed by atoms with E-state index in [1.807, 2.05) is 0 Å². The molecule has 3 fully saturated rings. The Hall–Kier alpha value is -2.91. The molecular formula is C24H27F3N2O5. The van der Waals surface area contributed by atoms with E-state index in [0.29, 0.717) is 25.7 Å². The fraction of sp³-hybridized carbons (Fsp3) is 0.583. The number of imide groups is 1. The summed E-state index contributed by atoms with van der Waals surface area (Å²) in [6, 6.07) is 4.12. The van der Waals surface area contributed by atoms with Crippen LogP contribution in [-0.4, -0.2) is 59.2 Å². The minimum atomic E-state index is -4.63. The molecule has 7 nitrogen and oxygen atoms in total. The maximum Gasteiger partial charge on any atom is 0.416 e. The summed E-state index contributed by atoms with van der Waals surface area (Å²) in [6.45, 7) is 2.53. The Bertz CT molecular complexity index is 999. The molecule has 34 heavy (non-hydrogen) atoms. The van der Waals surface area contributed by atoms with Crippen molar-refractivity contribution in [1.82, 2.24) is 9.80 Å². The number of rotatable bonds is 6. The number of ether oxygens (including phenoxy) is 1. The molecule has 10 heteroatoms. The van der Waals surface area contributed by atoms with E-state index in [-0.39, 0.29) is 49.6 Å². The van der Waals surface area contributed by atoms with Gasteiger partial charge in [0.15, 0.2) is 0 Å². The van der Waals surface area contributed by atoms with Gasteiger partial charge in [0.25, 0.3) is 0 Å². The number of halogens is 3. The molecule has 2 heterocycles. The summed E-state index contributed by atoms with van der Waals surface area (Å²) in [5, 5.41) is 0. The zero-order chi connectivity index (χ0) is 24.7. The summed E-state index contributed by atoms with van der Waals surface area (Å²) < 4.78 is 45.3. The van der Waals surface area contributed by atoms with Crippen LogP contribution < -0.4 is 0 Å². The number of benzene rings is 1. The molecule has 3 amide bonds. The molecule has 0 spiro atoms. The van der Waals surface area contributed by atoms with Gasteiger partial charge in [-0.3, -0.25) is 24.1 Å². The number of hydrogen-bond donors (Lipinski definition) is 0. The summed E-state index contributed by atoms with van der Waals surface area (Å²) in [7, 11) is 0. The van der Waals surface area contributed by atoms with Crippen LogP contribution in [0.4, 0.5) is 13.2 Å². The van der Waals surface area contributed by atoms with Crippen molar-refractivity contribution in [2.24, 2.45) is 5.92 Å². The van der Waals surface area contributed by atoms with Crippen LogP contribution in [0.15, 0.2) is 24.3 Å². The average Bonchev–Trinajstić information content (AvgIpc) is 3.59. The maximum atomic E-state index is 13.5. The first-order valence-electron chi connectivity index (χ1n) is 11.6. The summed E-state index contributed by atoms with van der Waals surface area (Å²) in [4.78, 5) is 54.2. The number of nitrogens with zero attached hydrogens (tertiary/aromatic N) is 2. The molecule has 0 radical (unpaired) electrons. The SMILES string of the molecule is CCOC(=O)C1CCN(C(=O)C[C@]2(c3cccc(C(F)(F)F)c3)CC(=O)N(C3CC3)C2=O)CC1. The number of amides is 3. The lowest BCUT2D eigenvalue weighted by Crippen LogP contribution is -2.46. The third kappa shape index (κ3) is 4.54. The van der Waals surface area contributed by atoms with Crippen molar-refractivity contribution < 1.29 is 37.1 Å². The van der Waals surface area contributed by atoms with Crippen LogP contribution in [0, 0.1) is 5.92 Å². The van der Waals surface area contributed by atoms with Crippen molar-refractivity contribution in [2.75, 3.05) is 19.7 Å². The van der Waals surface area contributed by atoms with Gasteiger partial charge in [-0.2, -0.15) is 13.2 Å². The molecule has 1 atom stereocenters. The van der Waals surface area contributed by atoms with Gasteiger partial charge in [-0.1, -0.05) is 18.2 Å². The Morgan fingerprint density at radius 1 is 1.12 bits per heavy atom. The largest absolute Gasteiger partial charge is 0.466 e. The van der Waals surface area contributed by atoms with E-state index in [0.717, 1.165) is 17.0 Å². The first kappa shape index (κ1) is 24.2. The first-order valence-corrected chi connectivity index (χ1v) is 11.6. The molecule has 184 valence electrons.